The highest BCUT2D eigenvalue weighted by Gasteiger charge is 2.66. The van der Waals surface area contributed by atoms with E-state index in [4.69, 9.17) is 4.74 Å². The number of aliphatic carboxylic acids is 1. The number of H-pyrrole nitrogens is 1. The minimum absolute atomic E-state index is 0.167. The van der Waals surface area contributed by atoms with Gasteiger partial charge >= 0.3 is 5.97 Å². The average molecular weight is 364 g/mol. The topological polar surface area (TPSA) is 108 Å². The molecule has 1 aromatic heterocycles. The Morgan fingerprint density at radius 3 is 2.54 bits per heavy atom. The Bertz CT molecular complexity index is 753. The van der Waals surface area contributed by atoms with Gasteiger partial charge in [0.25, 0.3) is 5.91 Å². The van der Waals surface area contributed by atoms with Crippen molar-refractivity contribution >= 4 is 11.9 Å². The molecule has 0 aliphatic heterocycles. The van der Waals surface area contributed by atoms with E-state index in [0.29, 0.717) is 24.6 Å². The molecule has 144 valence electrons. The van der Waals surface area contributed by atoms with Crippen molar-refractivity contribution in [3.8, 4) is 0 Å². The minimum atomic E-state index is -1.43. The van der Waals surface area contributed by atoms with Crippen LogP contribution in [-0.2, 0) is 16.0 Å². The number of nitrogens with one attached hydrogen (secondary N) is 2. The first kappa shape index (κ1) is 20.2. The molecule has 3 N–H and O–H groups in total. The van der Waals surface area contributed by atoms with E-state index in [0.717, 1.165) is 0 Å². The number of carboxylic acid groups (broad SMARTS) is 1. The molecule has 1 aliphatic rings. The Morgan fingerprint density at radius 1 is 1.38 bits per heavy atom. The summed E-state index contributed by atoms with van der Waals surface area (Å²) < 4.78 is 5.60. The molecule has 0 aromatic carbocycles. The number of hydrogen-bond donors (Lipinski definition) is 3. The van der Waals surface area contributed by atoms with Crippen LogP contribution in [0, 0.1) is 11.3 Å². The van der Waals surface area contributed by atoms with Gasteiger partial charge in [-0.2, -0.15) is 0 Å². The Labute approximate surface area is 153 Å². The summed E-state index contributed by atoms with van der Waals surface area (Å²) in [6.45, 7) is 9.89. The number of hydrogen-bond acceptors (Lipinski definition) is 4. The number of amides is 1. The molecule has 1 aromatic rings. The number of pyridine rings is 1. The molecule has 2 rings (SSSR count). The number of ether oxygens (including phenoxy) is 1. The van der Waals surface area contributed by atoms with E-state index in [-0.39, 0.29) is 23.6 Å². The maximum Gasteiger partial charge on any atom is 0.330 e. The standard InChI is InChI=1S/C19H28N2O5/c1-6-26-14-10-19(17(24)25,18(14,4)5)21-16(23)12-8-13(7-11(2)3)20-15(22)9-12/h8-9,11,14H,6-7,10H2,1-5H3,(H,20,22)(H,21,23)(H,24,25). The smallest absolute Gasteiger partial charge is 0.330 e. The molecule has 2 atom stereocenters. The van der Waals surface area contributed by atoms with Gasteiger partial charge < -0.3 is 20.1 Å². The molecule has 2 unspecified atom stereocenters. The van der Waals surface area contributed by atoms with Gasteiger partial charge in [-0.25, -0.2) is 4.79 Å². The van der Waals surface area contributed by atoms with E-state index < -0.39 is 22.8 Å². The van der Waals surface area contributed by atoms with Crippen molar-refractivity contribution < 1.29 is 19.4 Å². The van der Waals surface area contributed by atoms with Crippen LogP contribution in [0.4, 0.5) is 0 Å². The third-order valence-electron chi connectivity index (χ3n) is 5.25. The zero-order chi connectivity index (χ0) is 19.7. The highest BCUT2D eigenvalue weighted by molar-refractivity contribution is 5.98. The van der Waals surface area contributed by atoms with E-state index in [1.54, 1.807) is 19.9 Å². The van der Waals surface area contributed by atoms with Crippen LogP contribution in [-0.4, -0.2) is 40.2 Å². The molecule has 1 saturated carbocycles. The summed E-state index contributed by atoms with van der Waals surface area (Å²) in [5.41, 5.74) is -1.75. The van der Waals surface area contributed by atoms with Gasteiger partial charge in [-0.15, -0.1) is 0 Å². The summed E-state index contributed by atoms with van der Waals surface area (Å²) in [5.74, 6) is -1.35. The van der Waals surface area contributed by atoms with Crippen LogP contribution in [0.25, 0.3) is 0 Å². The normalized spacial score (nSPS) is 24.2. The Morgan fingerprint density at radius 2 is 2.04 bits per heavy atom. The van der Waals surface area contributed by atoms with Gasteiger partial charge in [-0.05, 0) is 25.3 Å². The van der Waals surface area contributed by atoms with E-state index >= 15 is 0 Å². The number of carboxylic acids is 1. The Hall–Kier alpha value is -2.15. The molecular formula is C19H28N2O5. The predicted octanol–water partition coefficient (Wildman–Crippen LogP) is 1.96. The number of rotatable bonds is 7. The summed E-state index contributed by atoms with van der Waals surface area (Å²) >= 11 is 0. The summed E-state index contributed by atoms with van der Waals surface area (Å²) in [7, 11) is 0. The van der Waals surface area contributed by atoms with Crippen LogP contribution in [0.1, 0.15) is 57.1 Å². The highest BCUT2D eigenvalue weighted by Crippen LogP contribution is 2.51. The molecule has 7 heteroatoms. The van der Waals surface area contributed by atoms with Crippen molar-refractivity contribution in [3.63, 3.8) is 0 Å². The quantitative estimate of drug-likeness (QED) is 0.685. The third kappa shape index (κ3) is 3.53. The largest absolute Gasteiger partial charge is 0.479 e. The molecule has 0 saturated heterocycles. The zero-order valence-corrected chi connectivity index (χ0v) is 16.0. The average Bonchev–Trinajstić information content (AvgIpc) is 2.51. The van der Waals surface area contributed by atoms with Gasteiger partial charge in [0.15, 0.2) is 0 Å². The number of aromatic nitrogens is 1. The van der Waals surface area contributed by atoms with Gasteiger partial charge in [-0.3, -0.25) is 9.59 Å². The first-order valence-electron chi connectivity index (χ1n) is 8.94. The maximum absolute atomic E-state index is 12.7. The second-order valence-corrected chi connectivity index (χ2v) is 7.89. The van der Waals surface area contributed by atoms with Crippen molar-refractivity contribution in [1.82, 2.24) is 10.3 Å². The van der Waals surface area contributed by atoms with Gasteiger partial charge in [0, 0.05) is 35.8 Å². The van der Waals surface area contributed by atoms with Crippen molar-refractivity contribution in [2.75, 3.05) is 6.61 Å². The molecule has 0 radical (unpaired) electrons. The lowest BCUT2D eigenvalue weighted by Crippen LogP contribution is -2.76. The third-order valence-corrected chi connectivity index (χ3v) is 5.25. The molecule has 1 aliphatic carbocycles. The van der Waals surface area contributed by atoms with Crippen LogP contribution in [0.15, 0.2) is 16.9 Å². The predicted molar refractivity (Wildman–Crippen MR) is 97.2 cm³/mol. The van der Waals surface area contributed by atoms with Crippen molar-refractivity contribution in [2.24, 2.45) is 11.3 Å². The maximum atomic E-state index is 12.7. The Balaban J connectivity index is 2.29. The van der Waals surface area contributed by atoms with Crippen LogP contribution < -0.4 is 10.9 Å². The minimum Gasteiger partial charge on any atom is -0.479 e. The number of carbonyl (C=O) groups excluding carboxylic acids is 1. The summed E-state index contributed by atoms with van der Waals surface area (Å²) in [6, 6.07) is 2.80. The van der Waals surface area contributed by atoms with Gasteiger partial charge in [0.1, 0.15) is 5.54 Å². The lowest BCUT2D eigenvalue weighted by molar-refractivity contribution is -0.190. The summed E-state index contributed by atoms with van der Waals surface area (Å²) in [6.07, 6.45) is 0.564. The fourth-order valence-electron chi connectivity index (χ4n) is 3.58. The SMILES string of the molecule is CCOC1CC(NC(=O)c2cc(CC(C)C)[nH]c(=O)c2)(C(=O)O)C1(C)C. The first-order chi connectivity index (χ1) is 12.0. The summed E-state index contributed by atoms with van der Waals surface area (Å²) in [4.78, 5) is 39.3. The zero-order valence-electron chi connectivity index (χ0n) is 16.0. The molecule has 7 nitrogen and oxygen atoms in total. The van der Waals surface area contributed by atoms with Crippen molar-refractivity contribution in [2.45, 2.75) is 59.1 Å². The second kappa shape index (κ2) is 7.23. The monoisotopic (exact) mass is 364 g/mol. The molecule has 26 heavy (non-hydrogen) atoms. The fourth-order valence-corrected chi connectivity index (χ4v) is 3.58. The van der Waals surface area contributed by atoms with Gasteiger partial charge in [0.2, 0.25) is 5.56 Å². The van der Waals surface area contributed by atoms with Crippen LogP contribution in [0.2, 0.25) is 0 Å². The molecule has 1 fully saturated rings. The Kier molecular flexibility index (Phi) is 5.61. The van der Waals surface area contributed by atoms with Gasteiger partial charge in [0.05, 0.1) is 6.10 Å². The van der Waals surface area contributed by atoms with Crippen LogP contribution >= 0.6 is 0 Å². The summed E-state index contributed by atoms with van der Waals surface area (Å²) in [5, 5.41) is 12.5. The molecule has 0 spiro atoms. The number of aromatic amines is 1. The number of carbonyl (C=O) groups is 2. The second-order valence-electron chi connectivity index (χ2n) is 7.89. The van der Waals surface area contributed by atoms with E-state index in [9.17, 15) is 19.5 Å². The lowest BCUT2D eigenvalue weighted by atomic mass is 9.54. The van der Waals surface area contributed by atoms with Gasteiger partial charge in [-0.1, -0.05) is 27.7 Å². The highest BCUT2D eigenvalue weighted by atomic mass is 16.5. The molecule has 1 amide bonds. The van der Waals surface area contributed by atoms with Crippen molar-refractivity contribution in [3.05, 3.63) is 33.7 Å². The first-order valence-corrected chi connectivity index (χ1v) is 8.94. The molecular weight excluding hydrogens is 336 g/mol. The van der Waals surface area contributed by atoms with E-state index in [2.05, 4.69) is 10.3 Å². The lowest BCUT2D eigenvalue weighted by Gasteiger charge is -2.58. The van der Waals surface area contributed by atoms with E-state index in [1.165, 1.54) is 6.07 Å². The van der Waals surface area contributed by atoms with Crippen LogP contribution in [0.3, 0.4) is 0 Å². The van der Waals surface area contributed by atoms with Crippen LogP contribution in [0.5, 0.6) is 0 Å². The fraction of sp³-hybridized carbons (Fsp3) is 0.632. The van der Waals surface area contributed by atoms with E-state index in [1.807, 2.05) is 20.8 Å². The van der Waals surface area contributed by atoms with Crippen molar-refractivity contribution in [1.29, 1.82) is 0 Å². The molecule has 0 bridgehead atoms. The molecule has 1 heterocycles.